The van der Waals surface area contributed by atoms with Crippen LogP contribution in [0.1, 0.15) is 23.0 Å². The molecule has 1 aliphatic rings. The van der Waals surface area contributed by atoms with Crippen molar-refractivity contribution in [2.75, 3.05) is 49.5 Å². The number of hydrogen-bond acceptors (Lipinski definition) is 6. The third-order valence-electron chi connectivity index (χ3n) is 6.65. The van der Waals surface area contributed by atoms with Crippen molar-refractivity contribution in [3.63, 3.8) is 0 Å². The summed E-state index contributed by atoms with van der Waals surface area (Å²) in [5.74, 6) is 0.638. The lowest BCUT2D eigenvalue weighted by Gasteiger charge is -2.36. The first-order chi connectivity index (χ1) is 19.2. The quantitative estimate of drug-likeness (QED) is 0.298. The largest absolute Gasteiger partial charge is 0.416 e. The molecule has 2 aromatic carbocycles. The fraction of sp³-hybridized carbons (Fsp3) is 0.286. The third kappa shape index (κ3) is 6.00. The number of anilines is 2. The second kappa shape index (κ2) is 11.2. The third-order valence-corrected chi connectivity index (χ3v) is 6.65. The minimum atomic E-state index is -4.41. The predicted octanol–water partition coefficient (Wildman–Crippen LogP) is 4.15. The molecule has 12 heteroatoms. The highest BCUT2D eigenvalue weighted by molar-refractivity contribution is 6.00. The van der Waals surface area contributed by atoms with Crippen LogP contribution in [0.15, 0.2) is 60.7 Å². The van der Waals surface area contributed by atoms with Crippen LogP contribution in [0, 0.1) is 0 Å². The van der Waals surface area contributed by atoms with Gasteiger partial charge in [0.2, 0.25) is 5.91 Å². The van der Waals surface area contributed by atoms with Crippen LogP contribution in [0.3, 0.4) is 0 Å². The van der Waals surface area contributed by atoms with Crippen LogP contribution in [-0.4, -0.2) is 70.9 Å². The van der Waals surface area contributed by atoms with Crippen molar-refractivity contribution in [1.29, 1.82) is 0 Å². The second-order valence-corrected chi connectivity index (χ2v) is 9.44. The van der Waals surface area contributed by atoms with E-state index in [4.69, 9.17) is 0 Å². The number of benzene rings is 2. The number of carbonyl (C=O) groups is 2. The molecule has 0 radical (unpaired) electrons. The molecular weight excluding hydrogens is 523 g/mol. The van der Waals surface area contributed by atoms with Crippen molar-refractivity contribution in [1.82, 2.24) is 25.2 Å². The van der Waals surface area contributed by atoms with Gasteiger partial charge >= 0.3 is 6.18 Å². The average Bonchev–Trinajstić information content (AvgIpc) is 3.39. The van der Waals surface area contributed by atoms with Gasteiger partial charge in [0.25, 0.3) is 5.91 Å². The number of nitrogens with zero attached hydrogens (tertiary/aromatic N) is 4. The van der Waals surface area contributed by atoms with E-state index in [9.17, 15) is 22.8 Å². The van der Waals surface area contributed by atoms with E-state index in [1.165, 1.54) is 13.0 Å². The normalized spacial score (nSPS) is 13.9. The molecule has 3 N–H and O–H groups in total. The molecule has 0 spiro atoms. The Hall–Kier alpha value is -4.61. The first kappa shape index (κ1) is 27.0. The number of alkyl halides is 3. The van der Waals surface area contributed by atoms with Crippen molar-refractivity contribution in [3.05, 3.63) is 71.9 Å². The van der Waals surface area contributed by atoms with Gasteiger partial charge in [0, 0.05) is 57.4 Å². The number of fused-ring (bicyclic) bond motifs is 1. The van der Waals surface area contributed by atoms with Gasteiger partial charge in [-0.3, -0.25) is 9.59 Å². The summed E-state index contributed by atoms with van der Waals surface area (Å²) in [7, 11) is 0. The van der Waals surface area contributed by atoms with E-state index in [1.54, 1.807) is 17.0 Å². The Morgan fingerprint density at radius 1 is 0.950 bits per heavy atom. The Morgan fingerprint density at radius 2 is 1.70 bits per heavy atom. The minimum Gasteiger partial charge on any atom is -0.368 e. The number of piperazine rings is 1. The summed E-state index contributed by atoms with van der Waals surface area (Å²) in [6.07, 6.45) is -4.41. The van der Waals surface area contributed by atoms with Crippen LogP contribution < -0.4 is 15.5 Å². The van der Waals surface area contributed by atoms with E-state index in [2.05, 4.69) is 25.6 Å². The molecule has 5 rings (SSSR count). The van der Waals surface area contributed by atoms with E-state index in [0.717, 1.165) is 17.7 Å². The summed E-state index contributed by atoms with van der Waals surface area (Å²) in [5, 5.41) is 6.59. The van der Waals surface area contributed by atoms with E-state index in [0.29, 0.717) is 73.3 Å². The summed E-state index contributed by atoms with van der Waals surface area (Å²) in [5.41, 5.74) is 1.42. The summed E-state index contributed by atoms with van der Waals surface area (Å²) in [6.45, 7) is 3.78. The fourth-order valence-corrected chi connectivity index (χ4v) is 4.61. The summed E-state index contributed by atoms with van der Waals surface area (Å²) >= 11 is 0. The van der Waals surface area contributed by atoms with Crippen LogP contribution >= 0.6 is 0 Å². The smallest absolute Gasteiger partial charge is 0.368 e. The molecule has 3 heterocycles. The second-order valence-electron chi connectivity index (χ2n) is 9.44. The zero-order valence-corrected chi connectivity index (χ0v) is 21.8. The molecule has 0 atom stereocenters. The fourth-order valence-electron chi connectivity index (χ4n) is 4.61. The lowest BCUT2D eigenvalue weighted by molar-refractivity contribution is -0.137. The standard InChI is InChI=1S/C28H28F3N7O2/c1-18(39)32-10-11-33-25-22-17-23(34-26(22)36-24(35-25)19-6-3-2-4-7-19)27(40)38-14-12-37(13-15-38)21-9-5-8-20(16-21)28(29,30)31/h2-9,16-17H,10-15H2,1H3,(H,32,39)(H2,33,34,35,36). The number of hydrogen-bond donors (Lipinski definition) is 3. The number of aromatic nitrogens is 3. The maximum Gasteiger partial charge on any atom is 0.416 e. The van der Waals surface area contributed by atoms with E-state index in [-0.39, 0.29) is 11.8 Å². The van der Waals surface area contributed by atoms with E-state index in [1.807, 2.05) is 35.2 Å². The molecular formula is C28H28F3N7O2. The highest BCUT2D eigenvalue weighted by Gasteiger charge is 2.31. The molecule has 1 aliphatic heterocycles. The highest BCUT2D eigenvalue weighted by atomic mass is 19.4. The number of H-pyrrole nitrogens is 1. The Morgan fingerprint density at radius 3 is 2.40 bits per heavy atom. The maximum absolute atomic E-state index is 13.4. The number of nitrogens with one attached hydrogen (secondary N) is 3. The Kier molecular flexibility index (Phi) is 7.58. The minimum absolute atomic E-state index is 0.137. The molecule has 2 amide bonds. The van der Waals surface area contributed by atoms with E-state index < -0.39 is 11.7 Å². The molecule has 0 saturated carbocycles. The first-order valence-electron chi connectivity index (χ1n) is 12.8. The van der Waals surface area contributed by atoms with Crippen LogP contribution in [-0.2, 0) is 11.0 Å². The number of halogens is 3. The lowest BCUT2D eigenvalue weighted by atomic mass is 10.1. The van der Waals surface area contributed by atoms with Gasteiger partial charge in [0.05, 0.1) is 10.9 Å². The van der Waals surface area contributed by atoms with Gasteiger partial charge in [0.1, 0.15) is 17.2 Å². The lowest BCUT2D eigenvalue weighted by Crippen LogP contribution is -2.48. The van der Waals surface area contributed by atoms with Gasteiger partial charge in [-0.2, -0.15) is 13.2 Å². The highest BCUT2D eigenvalue weighted by Crippen LogP contribution is 2.32. The number of carbonyl (C=O) groups excluding carboxylic acids is 2. The number of aromatic amines is 1. The molecule has 0 unspecified atom stereocenters. The Bertz CT molecular complexity index is 1510. The van der Waals surface area contributed by atoms with Crippen molar-refractivity contribution < 1.29 is 22.8 Å². The predicted molar refractivity (Wildman–Crippen MR) is 146 cm³/mol. The van der Waals surface area contributed by atoms with Gasteiger partial charge in [0.15, 0.2) is 5.82 Å². The average molecular weight is 552 g/mol. The van der Waals surface area contributed by atoms with Gasteiger partial charge in [-0.15, -0.1) is 0 Å². The molecule has 0 aliphatic carbocycles. The number of rotatable bonds is 7. The van der Waals surface area contributed by atoms with Crippen molar-refractivity contribution in [2.45, 2.75) is 13.1 Å². The molecule has 0 bridgehead atoms. The molecule has 1 saturated heterocycles. The van der Waals surface area contributed by atoms with Gasteiger partial charge < -0.3 is 25.4 Å². The van der Waals surface area contributed by atoms with Gasteiger partial charge in [-0.05, 0) is 24.3 Å². The molecule has 2 aromatic heterocycles. The SMILES string of the molecule is CC(=O)NCCNc1nc(-c2ccccc2)nc2[nH]c(C(=O)N3CCN(c4cccc(C(F)(F)F)c4)CC3)cc12. The van der Waals surface area contributed by atoms with Gasteiger partial charge in [-0.25, -0.2) is 9.97 Å². The molecule has 208 valence electrons. The topological polar surface area (TPSA) is 106 Å². The summed E-state index contributed by atoms with van der Waals surface area (Å²) < 4.78 is 39.4. The van der Waals surface area contributed by atoms with Gasteiger partial charge in [-0.1, -0.05) is 36.4 Å². The molecule has 4 aromatic rings. The Labute approximate surface area is 228 Å². The maximum atomic E-state index is 13.4. The zero-order chi connectivity index (χ0) is 28.3. The molecule has 1 fully saturated rings. The zero-order valence-electron chi connectivity index (χ0n) is 21.8. The first-order valence-corrected chi connectivity index (χ1v) is 12.8. The van der Waals surface area contributed by atoms with Crippen molar-refractivity contribution >= 4 is 34.4 Å². The van der Waals surface area contributed by atoms with Crippen LogP contribution in [0.2, 0.25) is 0 Å². The Balaban J connectivity index is 1.34. The van der Waals surface area contributed by atoms with Crippen LogP contribution in [0.25, 0.3) is 22.4 Å². The van der Waals surface area contributed by atoms with Crippen molar-refractivity contribution in [2.24, 2.45) is 0 Å². The summed E-state index contributed by atoms with van der Waals surface area (Å²) in [4.78, 5) is 40.6. The monoisotopic (exact) mass is 551 g/mol. The van der Waals surface area contributed by atoms with E-state index >= 15 is 0 Å². The van der Waals surface area contributed by atoms with Crippen LogP contribution in [0.5, 0.6) is 0 Å². The van der Waals surface area contributed by atoms with Crippen molar-refractivity contribution in [3.8, 4) is 11.4 Å². The van der Waals surface area contributed by atoms with Crippen LogP contribution in [0.4, 0.5) is 24.7 Å². The molecule has 9 nitrogen and oxygen atoms in total. The summed E-state index contributed by atoms with van der Waals surface area (Å²) in [6, 6.07) is 16.4. The number of amides is 2. The molecule has 40 heavy (non-hydrogen) atoms.